The molecule has 0 aromatic carbocycles. The van der Waals surface area contributed by atoms with Crippen molar-refractivity contribution < 1.29 is 5.11 Å². The molecule has 1 rings (SSSR count). The maximum Gasteiger partial charge on any atom is 0.0568 e. The molecule has 1 N–H and O–H groups in total. The highest BCUT2D eigenvalue weighted by atomic mass is 16.3. The first kappa shape index (κ1) is 9.05. The maximum atomic E-state index is 9.58. The zero-order valence-corrected chi connectivity index (χ0v) is 8.09. The van der Waals surface area contributed by atoms with Crippen LogP contribution in [0.15, 0.2) is 0 Å². The van der Waals surface area contributed by atoms with Gasteiger partial charge in [0.25, 0.3) is 0 Å². The molecule has 1 aliphatic carbocycles. The van der Waals surface area contributed by atoms with Crippen LogP contribution in [-0.2, 0) is 0 Å². The smallest absolute Gasteiger partial charge is 0.0568 e. The lowest BCUT2D eigenvalue weighted by atomic mass is 9.65. The Morgan fingerprint density at radius 3 is 2.27 bits per heavy atom. The van der Waals surface area contributed by atoms with Gasteiger partial charge in [0, 0.05) is 0 Å². The molecule has 0 amide bonds. The largest absolute Gasteiger partial charge is 0.393 e. The van der Waals surface area contributed by atoms with Crippen LogP contribution in [0.2, 0.25) is 0 Å². The predicted molar refractivity (Wildman–Crippen MR) is 47.3 cm³/mol. The fourth-order valence-corrected chi connectivity index (χ4v) is 2.08. The molecule has 66 valence electrons. The van der Waals surface area contributed by atoms with E-state index in [2.05, 4.69) is 27.7 Å². The van der Waals surface area contributed by atoms with E-state index in [0.29, 0.717) is 17.3 Å². The summed E-state index contributed by atoms with van der Waals surface area (Å²) in [6.07, 6.45) is 2.08. The first-order chi connectivity index (χ1) is 4.93. The van der Waals surface area contributed by atoms with E-state index in [1.54, 1.807) is 0 Å². The van der Waals surface area contributed by atoms with Crippen LogP contribution in [0.3, 0.4) is 0 Å². The monoisotopic (exact) mass is 156 g/mol. The van der Waals surface area contributed by atoms with Crippen molar-refractivity contribution >= 4 is 0 Å². The molecule has 1 saturated carbocycles. The van der Waals surface area contributed by atoms with Crippen molar-refractivity contribution in [3.8, 4) is 0 Å². The normalized spacial score (nSPS) is 43.9. The molecular formula is C10H20O. The third-order valence-corrected chi connectivity index (χ3v) is 3.43. The topological polar surface area (TPSA) is 20.2 Å². The average molecular weight is 156 g/mol. The molecule has 1 aliphatic rings. The van der Waals surface area contributed by atoms with Crippen molar-refractivity contribution in [3.63, 3.8) is 0 Å². The van der Waals surface area contributed by atoms with Gasteiger partial charge in [-0.15, -0.1) is 0 Å². The van der Waals surface area contributed by atoms with Crippen LogP contribution < -0.4 is 0 Å². The summed E-state index contributed by atoms with van der Waals surface area (Å²) in [5.41, 5.74) is 0.429. The van der Waals surface area contributed by atoms with Crippen LogP contribution in [0.1, 0.15) is 40.5 Å². The van der Waals surface area contributed by atoms with Gasteiger partial charge in [-0.25, -0.2) is 0 Å². The average Bonchev–Trinajstić information content (AvgIpc) is 1.83. The van der Waals surface area contributed by atoms with Gasteiger partial charge in [-0.2, -0.15) is 0 Å². The summed E-state index contributed by atoms with van der Waals surface area (Å²) in [5, 5.41) is 9.58. The Bertz CT molecular complexity index is 140. The second-order valence-corrected chi connectivity index (χ2v) is 4.87. The van der Waals surface area contributed by atoms with E-state index in [0.717, 1.165) is 12.8 Å². The summed E-state index contributed by atoms with van der Waals surface area (Å²) in [6, 6.07) is 0. The highest BCUT2D eigenvalue weighted by molar-refractivity contribution is 4.87. The molecule has 0 saturated heterocycles. The van der Waals surface area contributed by atoms with Crippen LogP contribution in [0, 0.1) is 17.3 Å². The number of rotatable bonds is 0. The lowest BCUT2D eigenvalue weighted by molar-refractivity contribution is -0.00669. The van der Waals surface area contributed by atoms with Gasteiger partial charge in [0.1, 0.15) is 0 Å². The minimum atomic E-state index is -0.0574. The number of aliphatic hydroxyl groups is 1. The molecule has 3 atom stereocenters. The zero-order chi connectivity index (χ0) is 8.65. The van der Waals surface area contributed by atoms with Gasteiger partial charge in [0.05, 0.1) is 6.10 Å². The third-order valence-electron chi connectivity index (χ3n) is 3.43. The van der Waals surface area contributed by atoms with Crippen LogP contribution in [0.25, 0.3) is 0 Å². The second kappa shape index (κ2) is 2.78. The summed E-state index contributed by atoms with van der Waals surface area (Å²) in [4.78, 5) is 0. The SMILES string of the molecule is C[C@@H]1CC(C)(C)[C@@H](C)CC1O. The quantitative estimate of drug-likeness (QED) is 0.571. The van der Waals surface area contributed by atoms with E-state index in [1.165, 1.54) is 0 Å². The minimum Gasteiger partial charge on any atom is -0.393 e. The fraction of sp³-hybridized carbons (Fsp3) is 1.00. The summed E-state index contributed by atoms with van der Waals surface area (Å²) in [7, 11) is 0. The molecule has 0 radical (unpaired) electrons. The Balaban J connectivity index is 2.63. The van der Waals surface area contributed by atoms with Crippen molar-refractivity contribution in [2.45, 2.75) is 46.6 Å². The second-order valence-electron chi connectivity index (χ2n) is 4.87. The highest BCUT2D eigenvalue weighted by Crippen LogP contribution is 2.42. The molecule has 1 heteroatoms. The minimum absolute atomic E-state index is 0.0574. The van der Waals surface area contributed by atoms with E-state index < -0.39 is 0 Å². The predicted octanol–water partition coefficient (Wildman–Crippen LogP) is 2.44. The van der Waals surface area contributed by atoms with E-state index in [9.17, 15) is 5.11 Å². The first-order valence-electron chi connectivity index (χ1n) is 4.61. The Kier molecular flexibility index (Phi) is 2.29. The van der Waals surface area contributed by atoms with Gasteiger partial charge in [0.2, 0.25) is 0 Å². The molecule has 0 aromatic rings. The highest BCUT2D eigenvalue weighted by Gasteiger charge is 2.36. The van der Waals surface area contributed by atoms with Crippen molar-refractivity contribution in [1.29, 1.82) is 0 Å². The maximum absolute atomic E-state index is 9.58. The van der Waals surface area contributed by atoms with Gasteiger partial charge in [-0.1, -0.05) is 27.7 Å². The number of aliphatic hydroxyl groups excluding tert-OH is 1. The van der Waals surface area contributed by atoms with Crippen LogP contribution in [0.4, 0.5) is 0 Å². The summed E-state index contributed by atoms with van der Waals surface area (Å²) in [6.45, 7) is 9.01. The van der Waals surface area contributed by atoms with Crippen LogP contribution >= 0.6 is 0 Å². The third kappa shape index (κ3) is 1.76. The molecule has 1 fully saturated rings. The number of hydrogen-bond donors (Lipinski definition) is 1. The van der Waals surface area contributed by atoms with Crippen molar-refractivity contribution in [2.75, 3.05) is 0 Å². The van der Waals surface area contributed by atoms with Gasteiger partial charge < -0.3 is 5.11 Å². The van der Waals surface area contributed by atoms with E-state index in [4.69, 9.17) is 0 Å². The van der Waals surface area contributed by atoms with Crippen molar-refractivity contribution in [2.24, 2.45) is 17.3 Å². The zero-order valence-electron chi connectivity index (χ0n) is 8.09. The molecule has 0 aliphatic heterocycles. The Labute approximate surface area is 69.8 Å². The van der Waals surface area contributed by atoms with Gasteiger partial charge in [-0.05, 0) is 30.1 Å². The van der Waals surface area contributed by atoms with Crippen LogP contribution in [0.5, 0.6) is 0 Å². The molecule has 0 spiro atoms. The van der Waals surface area contributed by atoms with Gasteiger partial charge >= 0.3 is 0 Å². The lowest BCUT2D eigenvalue weighted by Gasteiger charge is -2.42. The molecule has 0 aromatic heterocycles. The molecule has 11 heavy (non-hydrogen) atoms. The summed E-state index contributed by atoms with van der Waals surface area (Å²) in [5.74, 6) is 1.15. The van der Waals surface area contributed by atoms with Crippen molar-refractivity contribution in [1.82, 2.24) is 0 Å². The lowest BCUT2D eigenvalue weighted by Crippen LogP contribution is -2.37. The molecule has 1 unspecified atom stereocenters. The first-order valence-corrected chi connectivity index (χ1v) is 4.61. The number of hydrogen-bond acceptors (Lipinski definition) is 1. The summed E-state index contributed by atoms with van der Waals surface area (Å²) < 4.78 is 0. The van der Waals surface area contributed by atoms with E-state index in [-0.39, 0.29) is 6.10 Å². The molecule has 0 bridgehead atoms. The molecule has 0 heterocycles. The Morgan fingerprint density at radius 2 is 1.82 bits per heavy atom. The van der Waals surface area contributed by atoms with E-state index >= 15 is 0 Å². The van der Waals surface area contributed by atoms with Gasteiger partial charge in [-0.3, -0.25) is 0 Å². The Morgan fingerprint density at radius 1 is 1.27 bits per heavy atom. The molecular weight excluding hydrogens is 136 g/mol. The van der Waals surface area contributed by atoms with Gasteiger partial charge in [0.15, 0.2) is 0 Å². The standard InChI is InChI=1S/C10H20O/c1-7-6-10(3,4)8(2)5-9(7)11/h7-9,11H,5-6H2,1-4H3/t7-,8+,9?/m1/s1. The summed E-state index contributed by atoms with van der Waals surface area (Å²) >= 11 is 0. The fourth-order valence-electron chi connectivity index (χ4n) is 2.08. The van der Waals surface area contributed by atoms with E-state index in [1.807, 2.05) is 0 Å². The van der Waals surface area contributed by atoms with Crippen molar-refractivity contribution in [3.05, 3.63) is 0 Å². The Hall–Kier alpha value is -0.0400. The van der Waals surface area contributed by atoms with Crippen LogP contribution in [-0.4, -0.2) is 11.2 Å². The molecule has 1 nitrogen and oxygen atoms in total.